The average Bonchev–Trinajstić information content (AvgIpc) is 2.23. The Morgan fingerprint density at radius 3 is 2.47 bits per heavy atom. The maximum absolute atomic E-state index is 13.5. The topological polar surface area (TPSA) is 26.0 Å². The van der Waals surface area contributed by atoms with Crippen LogP contribution in [0.5, 0.6) is 0 Å². The lowest BCUT2D eigenvalue weighted by Crippen LogP contribution is -1.91. The Morgan fingerprint density at radius 2 is 1.73 bits per heavy atom. The van der Waals surface area contributed by atoms with Crippen LogP contribution in [0, 0.1) is 5.82 Å². The first-order valence-corrected chi connectivity index (χ1v) is 4.86. The fourth-order valence-corrected chi connectivity index (χ4v) is 1.62. The van der Waals surface area contributed by atoms with Crippen LogP contribution >= 0.6 is 11.6 Å². The second kappa shape index (κ2) is 3.91. The summed E-state index contributed by atoms with van der Waals surface area (Å²) in [6.45, 7) is 0. The fourth-order valence-electron chi connectivity index (χ4n) is 1.45. The second-order valence-corrected chi connectivity index (χ2v) is 3.65. The van der Waals surface area contributed by atoms with Crippen molar-refractivity contribution in [2.75, 3.05) is 5.73 Å². The van der Waals surface area contributed by atoms with Gasteiger partial charge in [-0.05, 0) is 24.3 Å². The molecule has 0 saturated carbocycles. The van der Waals surface area contributed by atoms with Gasteiger partial charge in [0.05, 0.1) is 0 Å². The minimum Gasteiger partial charge on any atom is -0.398 e. The number of nitrogens with two attached hydrogens (primary N) is 1. The van der Waals surface area contributed by atoms with Gasteiger partial charge in [-0.25, -0.2) is 4.39 Å². The Hall–Kier alpha value is -1.54. The summed E-state index contributed by atoms with van der Waals surface area (Å²) in [5.74, 6) is -0.322. The molecule has 0 spiro atoms. The number of anilines is 1. The quantitative estimate of drug-likeness (QED) is 0.730. The van der Waals surface area contributed by atoms with Crippen molar-refractivity contribution in [2.24, 2.45) is 0 Å². The first-order chi connectivity index (χ1) is 7.18. The van der Waals surface area contributed by atoms with Gasteiger partial charge >= 0.3 is 0 Å². The molecule has 2 rings (SSSR count). The van der Waals surface area contributed by atoms with Crippen molar-refractivity contribution in [3.8, 4) is 11.1 Å². The Kier molecular flexibility index (Phi) is 2.60. The third kappa shape index (κ3) is 1.95. The Balaban J connectivity index is 2.64. The molecule has 2 N–H and O–H groups in total. The van der Waals surface area contributed by atoms with E-state index in [2.05, 4.69) is 0 Å². The first kappa shape index (κ1) is 9.99. The van der Waals surface area contributed by atoms with Gasteiger partial charge in [-0.3, -0.25) is 0 Å². The number of rotatable bonds is 1. The van der Waals surface area contributed by atoms with Crippen molar-refractivity contribution in [1.29, 1.82) is 0 Å². The molecule has 0 aliphatic rings. The second-order valence-electron chi connectivity index (χ2n) is 3.21. The largest absolute Gasteiger partial charge is 0.398 e. The molecule has 0 heterocycles. The van der Waals surface area contributed by atoms with E-state index in [1.165, 1.54) is 12.1 Å². The molecule has 0 unspecified atom stereocenters. The SMILES string of the molecule is Nc1ccccc1-c1cc(Cl)ccc1F. The zero-order valence-corrected chi connectivity index (χ0v) is 8.63. The van der Waals surface area contributed by atoms with E-state index in [1.807, 2.05) is 6.07 Å². The van der Waals surface area contributed by atoms with E-state index in [0.717, 1.165) is 0 Å². The van der Waals surface area contributed by atoms with Crippen LogP contribution in [0.2, 0.25) is 5.02 Å². The zero-order chi connectivity index (χ0) is 10.8. The molecule has 2 aromatic rings. The van der Waals surface area contributed by atoms with Crippen molar-refractivity contribution in [3.63, 3.8) is 0 Å². The van der Waals surface area contributed by atoms with E-state index in [9.17, 15) is 4.39 Å². The lowest BCUT2D eigenvalue weighted by molar-refractivity contribution is 0.631. The van der Waals surface area contributed by atoms with Gasteiger partial charge in [0.15, 0.2) is 0 Å². The first-order valence-electron chi connectivity index (χ1n) is 4.48. The molecule has 0 fully saturated rings. The molecule has 0 saturated heterocycles. The highest BCUT2D eigenvalue weighted by atomic mass is 35.5. The van der Waals surface area contributed by atoms with Crippen molar-refractivity contribution in [1.82, 2.24) is 0 Å². The van der Waals surface area contributed by atoms with E-state index in [1.54, 1.807) is 24.3 Å². The molecule has 1 nitrogen and oxygen atoms in total. The third-order valence-electron chi connectivity index (χ3n) is 2.18. The van der Waals surface area contributed by atoms with Gasteiger partial charge < -0.3 is 5.73 Å². The number of hydrogen-bond donors (Lipinski definition) is 1. The molecule has 76 valence electrons. The van der Waals surface area contributed by atoms with Crippen LogP contribution in [0.4, 0.5) is 10.1 Å². The maximum atomic E-state index is 13.5. The van der Waals surface area contributed by atoms with Crippen molar-refractivity contribution in [3.05, 3.63) is 53.3 Å². The lowest BCUT2D eigenvalue weighted by atomic mass is 10.0. The summed E-state index contributed by atoms with van der Waals surface area (Å²) in [5, 5.41) is 0.495. The Bertz CT molecular complexity index is 497. The zero-order valence-electron chi connectivity index (χ0n) is 7.87. The van der Waals surface area contributed by atoms with E-state index < -0.39 is 0 Å². The minimum atomic E-state index is -0.322. The van der Waals surface area contributed by atoms with Gasteiger partial charge in [-0.2, -0.15) is 0 Å². The smallest absolute Gasteiger partial charge is 0.131 e. The fraction of sp³-hybridized carbons (Fsp3) is 0. The highest BCUT2D eigenvalue weighted by Gasteiger charge is 2.07. The van der Waals surface area contributed by atoms with E-state index in [4.69, 9.17) is 17.3 Å². The molecule has 0 aliphatic heterocycles. The monoisotopic (exact) mass is 221 g/mol. The summed E-state index contributed by atoms with van der Waals surface area (Å²) in [7, 11) is 0. The van der Waals surface area contributed by atoms with Crippen LogP contribution in [0.25, 0.3) is 11.1 Å². The highest BCUT2D eigenvalue weighted by Crippen LogP contribution is 2.29. The summed E-state index contributed by atoms with van der Waals surface area (Å²) in [6, 6.07) is 11.5. The van der Waals surface area contributed by atoms with Gasteiger partial charge in [0.1, 0.15) is 5.82 Å². The minimum absolute atomic E-state index is 0.322. The standard InChI is InChI=1S/C12H9ClFN/c13-8-5-6-11(14)10(7-8)9-3-1-2-4-12(9)15/h1-7H,15H2. The summed E-state index contributed by atoms with van der Waals surface area (Å²) in [6.07, 6.45) is 0. The van der Waals surface area contributed by atoms with Crippen LogP contribution in [0.1, 0.15) is 0 Å². The summed E-state index contributed by atoms with van der Waals surface area (Å²) >= 11 is 5.81. The maximum Gasteiger partial charge on any atom is 0.131 e. The van der Waals surface area contributed by atoms with Gasteiger partial charge in [0, 0.05) is 21.8 Å². The predicted octanol–water partition coefficient (Wildman–Crippen LogP) is 3.73. The number of nitrogen functional groups attached to an aromatic ring is 1. The Labute approximate surface area is 92.3 Å². The molecule has 0 bridgehead atoms. The van der Waals surface area contributed by atoms with Gasteiger partial charge in [-0.1, -0.05) is 29.8 Å². The van der Waals surface area contributed by atoms with Gasteiger partial charge in [0.2, 0.25) is 0 Å². The van der Waals surface area contributed by atoms with E-state index >= 15 is 0 Å². The average molecular weight is 222 g/mol. The van der Waals surface area contributed by atoms with Crippen molar-refractivity contribution >= 4 is 17.3 Å². The molecule has 0 aromatic heterocycles. The molecule has 0 atom stereocenters. The van der Waals surface area contributed by atoms with Crippen molar-refractivity contribution < 1.29 is 4.39 Å². The predicted molar refractivity (Wildman–Crippen MR) is 61.3 cm³/mol. The van der Waals surface area contributed by atoms with E-state index in [0.29, 0.717) is 21.8 Å². The van der Waals surface area contributed by atoms with Crippen LogP contribution < -0.4 is 5.73 Å². The third-order valence-corrected chi connectivity index (χ3v) is 2.41. The van der Waals surface area contributed by atoms with Gasteiger partial charge in [-0.15, -0.1) is 0 Å². The molecule has 0 aliphatic carbocycles. The lowest BCUT2D eigenvalue weighted by Gasteiger charge is -2.06. The molecule has 2 aromatic carbocycles. The molecule has 0 radical (unpaired) electrons. The van der Waals surface area contributed by atoms with Crippen LogP contribution in [-0.2, 0) is 0 Å². The molecular weight excluding hydrogens is 213 g/mol. The number of benzene rings is 2. The normalized spacial score (nSPS) is 10.3. The molecule has 15 heavy (non-hydrogen) atoms. The van der Waals surface area contributed by atoms with Crippen LogP contribution in [-0.4, -0.2) is 0 Å². The molecule has 0 amide bonds. The van der Waals surface area contributed by atoms with Crippen LogP contribution in [0.15, 0.2) is 42.5 Å². The molecular formula is C12H9ClFN. The number of para-hydroxylation sites is 1. The van der Waals surface area contributed by atoms with E-state index in [-0.39, 0.29) is 5.82 Å². The summed E-state index contributed by atoms with van der Waals surface area (Å²) < 4.78 is 13.5. The van der Waals surface area contributed by atoms with Crippen molar-refractivity contribution in [2.45, 2.75) is 0 Å². The Morgan fingerprint density at radius 1 is 1.00 bits per heavy atom. The highest BCUT2D eigenvalue weighted by molar-refractivity contribution is 6.30. The molecule has 3 heteroatoms. The number of halogens is 2. The number of hydrogen-bond acceptors (Lipinski definition) is 1. The summed E-state index contributed by atoms with van der Waals surface area (Å²) in [4.78, 5) is 0. The van der Waals surface area contributed by atoms with Gasteiger partial charge in [0.25, 0.3) is 0 Å². The summed E-state index contributed by atoms with van der Waals surface area (Å²) in [5.41, 5.74) is 7.40. The van der Waals surface area contributed by atoms with Crippen LogP contribution in [0.3, 0.4) is 0 Å².